The van der Waals surface area contributed by atoms with E-state index in [0.29, 0.717) is 46.2 Å². The Labute approximate surface area is 204 Å². The lowest BCUT2D eigenvalue weighted by Gasteiger charge is -2.10. The Morgan fingerprint density at radius 3 is 2.71 bits per heavy atom. The van der Waals surface area contributed by atoms with E-state index in [-0.39, 0.29) is 29.6 Å². The lowest BCUT2D eigenvalue weighted by Crippen LogP contribution is -2.13. The average Bonchev–Trinajstić information content (AvgIpc) is 3.44. The fraction of sp³-hybridized carbons (Fsp3) is 0.115. The van der Waals surface area contributed by atoms with Crippen molar-refractivity contribution in [1.29, 1.82) is 0 Å². The van der Waals surface area contributed by atoms with Crippen molar-refractivity contribution in [1.82, 2.24) is 4.98 Å². The first-order valence-electron chi connectivity index (χ1n) is 10.9. The predicted molar refractivity (Wildman–Crippen MR) is 133 cm³/mol. The van der Waals surface area contributed by atoms with Crippen LogP contribution in [0.2, 0.25) is 0 Å². The highest BCUT2D eigenvalue weighted by Crippen LogP contribution is 2.26. The number of benzene rings is 2. The van der Waals surface area contributed by atoms with Gasteiger partial charge in [0, 0.05) is 46.2 Å². The van der Waals surface area contributed by atoms with E-state index < -0.39 is 5.91 Å². The summed E-state index contributed by atoms with van der Waals surface area (Å²) in [5.74, 6) is 0.179. The molecule has 9 heteroatoms. The van der Waals surface area contributed by atoms with Gasteiger partial charge in [-0.15, -0.1) is 11.6 Å². The number of aromatic amines is 1. The summed E-state index contributed by atoms with van der Waals surface area (Å²) >= 11 is 5.84. The Hall–Kier alpha value is -4.30. The van der Waals surface area contributed by atoms with Gasteiger partial charge in [-0.25, -0.2) is 0 Å². The van der Waals surface area contributed by atoms with Gasteiger partial charge in [0.2, 0.25) is 0 Å². The normalized spacial score (nSPS) is 12.5. The third-order valence-electron chi connectivity index (χ3n) is 5.68. The van der Waals surface area contributed by atoms with E-state index in [0.717, 1.165) is 10.9 Å². The number of halogens is 1. The number of carbonyl (C=O) groups excluding carboxylic acids is 3. The number of furan rings is 1. The molecule has 0 aliphatic heterocycles. The molecule has 4 N–H and O–H groups in total. The molecule has 8 nitrogen and oxygen atoms in total. The van der Waals surface area contributed by atoms with Crippen molar-refractivity contribution in [2.75, 3.05) is 16.5 Å². The number of fused-ring (bicyclic) bond motifs is 2. The van der Waals surface area contributed by atoms with Crippen molar-refractivity contribution in [2.45, 2.75) is 12.8 Å². The molecule has 0 unspecified atom stereocenters. The van der Waals surface area contributed by atoms with Crippen LogP contribution in [0.5, 0.6) is 5.75 Å². The molecule has 0 bridgehead atoms. The molecule has 0 spiro atoms. The van der Waals surface area contributed by atoms with Gasteiger partial charge in [0.15, 0.2) is 11.5 Å². The number of hydrogen-bond donors (Lipinski definition) is 4. The summed E-state index contributed by atoms with van der Waals surface area (Å²) in [6.07, 6.45) is 3.74. The Balaban J connectivity index is 1.33. The minimum Gasteiger partial charge on any atom is -0.508 e. The quantitative estimate of drug-likeness (QED) is 0.287. The second kappa shape index (κ2) is 9.15. The molecule has 0 atom stereocenters. The number of amides is 2. The van der Waals surface area contributed by atoms with Crippen LogP contribution in [0.4, 0.5) is 11.4 Å². The summed E-state index contributed by atoms with van der Waals surface area (Å²) in [5.41, 5.74) is 3.53. The number of allylic oxidation sites excluding steroid dienone is 1. The molecule has 2 heterocycles. The van der Waals surface area contributed by atoms with Gasteiger partial charge in [-0.1, -0.05) is 6.07 Å². The highest BCUT2D eigenvalue weighted by molar-refractivity contribution is 6.18. The number of phenolic OH excluding ortho intramolecular Hbond substituents is 1. The van der Waals surface area contributed by atoms with E-state index in [4.69, 9.17) is 16.0 Å². The summed E-state index contributed by atoms with van der Waals surface area (Å²) in [7, 11) is 0. The molecule has 1 aliphatic carbocycles. The van der Waals surface area contributed by atoms with Gasteiger partial charge in [-0.05, 0) is 60.5 Å². The standard InChI is InChI=1S/C26H20ClN3O5/c27-8-7-14-1-3-19(32)13-21(14)30-25(33)22-11-15-9-17(2-5-20(15)29-22)28-26(34)24-12-16-10-18(31)4-6-23(16)35-24/h1-6,9,11-13,29,32H,7-8,10H2,(H,28,34)(H,30,33). The highest BCUT2D eigenvalue weighted by atomic mass is 35.5. The van der Waals surface area contributed by atoms with Gasteiger partial charge in [0.25, 0.3) is 11.8 Å². The highest BCUT2D eigenvalue weighted by Gasteiger charge is 2.20. The van der Waals surface area contributed by atoms with Crippen LogP contribution in [0, 0.1) is 0 Å². The monoisotopic (exact) mass is 489 g/mol. The van der Waals surface area contributed by atoms with E-state index in [1.807, 2.05) is 0 Å². The minimum absolute atomic E-state index is 0.0377. The molecule has 1 aliphatic rings. The van der Waals surface area contributed by atoms with Crippen LogP contribution < -0.4 is 10.6 Å². The second-order valence-corrected chi connectivity index (χ2v) is 8.53. The maximum absolute atomic E-state index is 12.8. The molecule has 35 heavy (non-hydrogen) atoms. The number of anilines is 2. The molecule has 0 radical (unpaired) electrons. The zero-order valence-corrected chi connectivity index (χ0v) is 19.1. The van der Waals surface area contributed by atoms with E-state index in [1.54, 1.807) is 48.5 Å². The van der Waals surface area contributed by atoms with E-state index in [1.165, 1.54) is 12.1 Å². The number of rotatable bonds is 6. The number of ketones is 1. The third kappa shape index (κ3) is 4.69. The molecule has 4 aromatic rings. The molecular formula is C26H20ClN3O5. The van der Waals surface area contributed by atoms with Gasteiger partial charge in [-0.2, -0.15) is 0 Å². The smallest absolute Gasteiger partial charge is 0.291 e. The first-order valence-corrected chi connectivity index (χ1v) is 11.4. The van der Waals surface area contributed by atoms with Crippen LogP contribution in [0.1, 0.15) is 37.9 Å². The topological polar surface area (TPSA) is 124 Å². The molecule has 0 fully saturated rings. The lowest BCUT2D eigenvalue weighted by atomic mass is 10.0. The fourth-order valence-electron chi connectivity index (χ4n) is 3.96. The van der Waals surface area contributed by atoms with Crippen molar-refractivity contribution in [3.8, 4) is 5.75 Å². The van der Waals surface area contributed by atoms with E-state index >= 15 is 0 Å². The third-order valence-corrected chi connectivity index (χ3v) is 5.87. The van der Waals surface area contributed by atoms with E-state index in [9.17, 15) is 19.5 Å². The number of aryl methyl sites for hydroxylation is 1. The van der Waals surface area contributed by atoms with Crippen LogP contribution in [-0.4, -0.2) is 33.6 Å². The zero-order valence-electron chi connectivity index (χ0n) is 18.4. The summed E-state index contributed by atoms with van der Waals surface area (Å²) in [6, 6.07) is 13.2. The Bertz CT molecular complexity index is 1510. The molecule has 176 valence electrons. The van der Waals surface area contributed by atoms with Crippen LogP contribution in [-0.2, 0) is 17.6 Å². The zero-order chi connectivity index (χ0) is 24.5. The molecule has 0 saturated heterocycles. The first kappa shape index (κ1) is 22.5. The molecule has 5 rings (SSSR count). The number of aromatic hydroxyl groups is 1. The average molecular weight is 490 g/mol. The number of hydrogen-bond acceptors (Lipinski definition) is 5. The van der Waals surface area contributed by atoms with Gasteiger partial charge < -0.3 is 25.1 Å². The van der Waals surface area contributed by atoms with Crippen molar-refractivity contribution in [3.63, 3.8) is 0 Å². The van der Waals surface area contributed by atoms with Crippen LogP contribution in [0.25, 0.3) is 17.0 Å². The van der Waals surface area contributed by atoms with Crippen molar-refractivity contribution in [3.05, 3.63) is 82.9 Å². The number of phenols is 1. The molecule has 2 aromatic carbocycles. The van der Waals surface area contributed by atoms with Gasteiger partial charge in [0.1, 0.15) is 17.2 Å². The van der Waals surface area contributed by atoms with Crippen LogP contribution in [0.15, 0.2) is 59.0 Å². The maximum atomic E-state index is 12.8. The van der Waals surface area contributed by atoms with Crippen molar-refractivity contribution < 1.29 is 23.9 Å². The molecule has 0 saturated carbocycles. The predicted octanol–water partition coefficient (Wildman–Crippen LogP) is 4.89. The summed E-state index contributed by atoms with van der Waals surface area (Å²) in [6.45, 7) is 0. The van der Waals surface area contributed by atoms with Crippen LogP contribution >= 0.6 is 11.6 Å². The van der Waals surface area contributed by atoms with Crippen LogP contribution in [0.3, 0.4) is 0 Å². The Kier molecular flexibility index (Phi) is 5.88. The van der Waals surface area contributed by atoms with Gasteiger partial charge in [-0.3, -0.25) is 14.4 Å². The number of nitrogens with one attached hydrogen (secondary N) is 3. The largest absolute Gasteiger partial charge is 0.508 e. The minimum atomic E-state index is -0.441. The Morgan fingerprint density at radius 2 is 1.89 bits per heavy atom. The lowest BCUT2D eigenvalue weighted by molar-refractivity contribution is -0.114. The summed E-state index contributed by atoms with van der Waals surface area (Å²) < 4.78 is 5.57. The maximum Gasteiger partial charge on any atom is 0.291 e. The number of alkyl halides is 1. The van der Waals surface area contributed by atoms with Gasteiger partial charge >= 0.3 is 0 Å². The first-order chi connectivity index (χ1) is 16.9. The van der Waals surface area contributed by atoms with Crippen molar-refractivity contribution >= 4 is 57.6 Å². The number of H-pyrrole nitrogens is 1. The number of carbonyl (C=O) groups is 3. The summed E-state index contributed by atoms with van der Waals surface area (Å²) in [4.78, 5) is 40.1. The molecular weight excluding hydrogens is 470 g/mol. The molecule has 2 amide bonds. The van der Waals surface area contributed by atoms with Crippen molar-refractivity contribution in [2.24, 2.45) is 0 Å². The van der Waals surface area contributed by atoms with Gasteiger partial charge in [0.05, 0.1) is 0 Å². The summed E-state index contributed by atoms with van der Waals surface area (Å²) in [5, 5.41) is 16.1. The fourth-order valence-corrected chi connectivity index (χ4v) is 4.17. The van der Waals surface area contributed by atoms with E-state index in [2.05, 4.69) is 15.6 Å². The SMILES string of the molecule is O=C1C=Cc2oc(C(=O)Nc3ccc4[nH]c(C(=O)Nc5cc(O)ccc5CCCl)cc4c3)cc2C1. The second-order valence-electron chi connectivity index (χ2n) is 8.15. The molecule has 2 aromatic heterocycles. The number of aromatic nitrogens is 1. The Morgan fingerprint density at radius 1 is 1.03 bits per heavy atom.